The molecule has 13 heavy (non-hydrogen) atoms. The van der Waals surface area contributed by atoms with Crippen molar-refractivity contribution in [2.75, 3.05) is 5.32 Å². The Labute approximate surface area is 75.6 Å². The van der Waals surface area contributed by atoms with Crippen molar-refractivity contribution in [2.24, 2.45) is 0 Å². The Balaban J connectivity index is 2.24. The number of carbonyl (C=O) groups is 1. The van der Waals surface area contributed by atoms with E-state index in [0.717, 1.165) is 11.3 Å². The van der Waals surface area contributed by atoms with Crippen LogP contribution in [0.1, 0.15) is 5.56 Å². The highest BCUT2D eigenvalue weighted by Crippen LogP contribution is 2.18. The van der Waals surface area contributed by atoms with Gasteiger partial charge in [0, 0.05) is 12.2 Å². The fourth-order valence-electron chi connectivity index (χ4n) is 1.38. The number of para-hydroxylation sites is 1. The molecule has 0 fully saturated rings. The lowest BCUT2D eigenvalue weighted by atomic mass is 10.1. The first kappa shape index (κ1) is 8.07. The summed E-state index contributed by atoms with van der Waals surface area (Å²) < 4.78 is 0. The lowest BCUT2D eigenvalue weighted by Gasteiger charge is -2.24. The number of hydrogen-bond acceptors (Lipinski definition) is 3. The Morgan fingerprint density at radius 2 is 2.23 bits per heavy atom. The first-order valence-corrected chi connectivity index (χ1v) is 4.08. The Morgan fingerprint density at radius 3 is 3.00 bits per heavy atom. The van der Waals surface area contributed by atoms with Gasteiger partial charge in [0.1, 0.15) is 0 Å². The van der Waals surface area contributed by atoms with Crippen molar-refractivity contribution in [1.29, 1.82) is 0 Å². The molecule has 1 aromatic rings. The number of nitrogens with one attached hydrogen (secondary N) is 2. The van der Waals surface area contributed by atoms with Gasteiger partial charge in [-0.25, -0.2) is 4.79 Å². The number of rotatable bonds is 1. The van der Waals surface area contributed by atoms with E-state index in [1.165, 1.54) is 0 Å². The molecule has 0 saturated carbocycles. The Kier molecular flexibility index (Phi) is 1.90. The second-order valence-corrected chi connectivity index (χ2v) is 2.95. The van der Waals surface area contributed by atoms with Crippen LogP contribution in [0.15, 0.2) is 24.3 Å². The lowest BCUT2D eigenvalue weighted by Crippen LogP contribution is -2.45. The van der Waals surface area contributed by atoms with Crippen LogP contribution in [-0.2, 0) is 11.3 Å². The molecule has 0 aliphatic carbocycles. The monoisotopic (exact) mass is 178 g/mol. The molecule has 68 valence electrons. The van der Waals surface area contributed by atoms with E-state index in [1.807, 2.05) is 24.3 Å². The Bertz CT molecular complexity index is 338. The molecule has 1 heterocycles. The molecule has 0 aromatic heterocycles. The van der Waals surface area contributed by atoms with E-state index in [4.69, 9.17) is 5.11 Å². The van der Waals surface area contributed by atoms with Crippen molar-refractivity contribution >= 4 is 11.7 Å². The second kappa shape index (κ2) is 3.06. The maximum Gasteiger partial charge on any atom is 0.341 e. The molecule has 1 unspecified atom stereocenters. The summed E-state index contributed by atoms with van der Waals surface area (Å²) in [7, 11) is 0. The predicted molar refractivity (Wildman–Crippen MR) is 48.3 cm³/mol. The van der Waals surface area contributed by atoms with Crippen molar-refractivity contribution in [3.63, 3.8) is 0 Å². The SMILES string of the molecule is O=C(O)C1NCc2ccccc2N1. The normalized spacial score (nSPS) is 20.2. The van der Waals surface area contributed by atoms with Gasteiger partial charge in [-0.2, -0.15) is 0 Å². The summed E-state index contributed by atoms with van der Waals surface area (Å²) in [6.45, 7) is 0.597. The number of aliphatic carboxylic acids is 1. The zero-order valence-electron chi connectivity index (χ0n) is 6.95. The van der Waals surface area contributed by atoms with Crippen molar-refractivity contribution in [2.45, 2.75) is 12.7 Å². The molecule has 0 bridgehead atoms. The average Bonchev–Trinajstić information content (AvgIpc) is 2.17. The lowest BCUT2D eigenvalue weighted by molar-refractivity contribution is -0.138. The predicted octanol–water partition coefficient (Wildman–Crippen LogP) is 0.612. The van der Waals surface area contributed by atoms with Crippen LogP contribution < -0.4 is 10.6 Å². The van der Waals surface area contributed by atoms with Gasteiger partial charge in [-0.1, -0.05) is 18.2 Å². The van der Waals surface area contributed by atoms with Gasteiger partial charge < -0.3 is 10.4 Å². The van der Waals surface area contributed by atoms with Crippen LogP contribution in [-0.4, -0.2) is 17.2 Å². The highest BCUT2D eigenvalue weighted by molar-refractivity contribution is 5.78. The fourth-order valence-corrected chi connectivity index (χ4v) is 1.38. The van der Waals surface area contributed by atoms with E-state index in [1.54, 1.807) is 0 Å². The molecule has 1 aliphatic heterocycles. The number of fused-ring (bicyclic) bond motifs is 1. The summed E-state index contributed by atoms with van der Waals surface area (Å²) in [5.74, 6) is -0.880. The third kappa shape index (κ3) is 1.48. The van der Waals surface area contributed by atoms with Crippen molar-refractivity contribution in [3.05, 3.63) is 29.8 Å². The van der Waals surface area contributed by atoms with Crippen LogP contribution in [0.5, 0.6) is 0 Å². The van der Waals surface area contributed by atoms with E-state index in [0.29, 0.717) is 6.54 Å². The standard InChI is InChI=1S/C9H10N2O2/c12-9(13)8-10-5-6-3-1-2-4-7(6)11-8/h1-4,8,10-11H,5H2,(H,12,13). The summed E-state index contributed by atoms with van der Waals surface area (Å²) in [6, 6.07) is 7.67. The summed E-state index contributed by atoms with van der Waals surface area (Å²) in [5, 5.41) is 14.5. The van der Waals surface area contributed by atoms with Gasteiger partial charge in [0.2, 0.25) is 0 Å². The van der Waals surface area contributed by atoms with E-state index in [9.17, 15) is 4.79 Å². The molecule has 1 aromatic carbocycles. The zero-order valence-corrected chi connectivity index (χ0v) is 6.95. The van der Waals surface area contributed by atoms with Gasteiger partial charge in [-0.3, -0.25) is 5.32 Å². The number of hydrogen-bond donors (Lipinski definition) is 3. The second-order valence-electron chi connectivity index (χ2n) is 2.95. The minimum atomic E-state index is -0.880. The molecule has 3 N–H and O–H groups in total. The van der Waals surface area contributed by atoms with Gasteiger partial charge in [0.15, 0.2) is 6.17 Å². The number of anilines is 1. The Hall–Kier alpha value is -1.55. The molecular formula is C9H10N2O2. The summed E-state index contributed by atoms with van der Waals surface area (Å²) >= 11 is 0. The highest BCUT2D eigenvalue weighted by atomic mass is 16.4. The van der Waals surface area contributed by atoms with Gasteiger partial charge in [-0.15, -0.1) is 0 Å². The van der Waals surface area contributed by atoms with Crippen LogP contribution >= 0.6 is 0 Å². The number of benzene rings is 1. The van der Waals surface area contributed by atoms with Gasteiger partial charge in [0.25, 0.3) is 0 Å². The zero-order chi connectivity index (χ0) is 9.26. The minimum Gasteiger partial charge on any atom is -0.479 e. The van der Waals surface area contributed by atoms with E-state index in [2.05, 4.69) is 10.6 Å². The van der Waals surface area contributed by atoms with Crippen molar-refractivity contribution < 1.29 is 9.90 Å². The third-order valence-electron chi connectivity index (χ3n) is 2.06. The van der Waals surface area contributed by atoms with Gasteiger partial charge in [0.05, 0.1) is 0 Å². The van der Waals surface area contributed by atoms with Crippen molar-refractivity contribution in [3.8, 4) is 0 Å². The molecule has 0 amide bonds. The third-order valence-corrected chi connectivity index (χ3v) is 2.06. The number of carboxylic acid groups (broad SMARTS) is 1. The highest BCUT2D eigenvalue weighted by Gasteiger charge is 2.21. The molecule has 1 atom stereocenters. The first-order valence-electron chi connectivity index (χ1n) is 4.08. The average molecular weight is 178 g/mol. The summed E-state index contributed by atoms with van der Waals surface area (Å²) in [5.41, 5.74) is 1.99. The molecule has 1 aliphatic rings. The summed E-state index contributed by atoms with van der Waals surface area (Å²) in [6.07, 6.45) is -0.671. The van der Waals surface area contributed by atoms with Gasteiger partial charge >= 0.3 is 5.97 Å². The van der Waals surface area contributed by atoms with E-state index in [-0.39, 0.29) is 0 Å². The fraction of sp³-hybridized carbons (Fsp3) is 0.222. The van der Waals surface area contributed by atoms with Crippen LogP contribution in [0.25, 0.3) is 0 Å². The summed E-state index contributed by atoms with van der Waals surface area (Å²) in [4.78, 5) is 10.6. The molecule has 2 rings (SSSR count). The Morgan fingerprint density at radius 1 is 1.46 bits per heavy atom. The van der Waals surface area contributed by atoms with Crippen LogP contribution in [0.2, 0.25) is 0 Å². The molecule has 0 radical (unpaired) electrons. The van der Waals surface area contributed by atoms with Gasteiger partial charge in [-0.05, 0) is 11.6 Å². The maximum absolute atomic E-state index is 10.6. The smallest absolute Gasteiger partial charge is 0.341 e. The van der Waals surface area contributed by atoms with Crippen molar-refractivity contribution in [1.82, 2.24) is 5.32 Å². The quantitative estimate of drug-likeness (QED) is 0.589. The molecule has 0 saturated heterocycles. The van der Waals surface area contributed by atoms with E-state index >= 15 is 0 Å². The topological polar surface area (TPSA) is 61.4 Å². The minimum absolute atomic E-state index is 0.597. The molecule has 4 nitrogen and oxygen atoms in total. The number of carboxylic acids is 1. The molecule has 4 heteroatoms. The maximum atomic E-state index is 10.6. The van der Waals surface area contributed by atoms with Crippen LogP contribution in [0, 0.1) is 0 Å². The van der Waals surface area contributed by atoms with Crippen LogP contribution in [0.4, 0.5) is 5.69 Å². The molecular weight excluding hydrogens is 168 g/mol. The molecule has 0 spiro atoms. The largest absolute Gasteiger partial charge is 0.479 e. The van der Waals surface area contributed by atoms with Crippen LogP contribution in [0.3, 0.4) is 0 Å². The first-order chi connectivity index (χ1) is 6.27. The van der Waals surface area contributed by atoms with E-state index < -0.39 is 12.1 Å².